The maximum atomic E-state index is 11.3. The van der Waals surface area contributed by atoms with Crippen LogP contribution in [-0.2, 0) is 0 Å². The number of nitriles is 1. The molecule has 5 heteroatoms. The average molecular weight is 222 g/mol. The highest BCUT2D eigenvalue weighted by atomic mass is 16.2. The topological polar surface area (TPSA) is 59.4 Å². The number of carbonyl (C=O) groups is 1. The molecule has 0 saturated carbocycles. The second-order valence-corrected chi connectivity index (χ2v) is 4.49. The van der Waals surface area contributed by atoms with Gasteiger partial charge in [-0.25, -0.2) is 4.79 Å². The summed E-state index contributed by atoms with van der Waals surface area (Å²) in [6.45, 7) is 5.18. The van der Waals surface area contributed by atoms with E-state index in [0.717, 1.165) is 52.1 Å². The molecule has 1 unspecified atom stereocenters. The number of piperidine rings is 1. The Balaban J connectivity index is 1.73. The first-order valence-electron chi connectivity index (χ1n) is 5.94. The van der Waals surface area contributed by atoms with E-state index < -0.39 is 0 Å². The molecule has 0 aromatic heterocycles. The van der Waals surface area contributed by atoms with Crippen molar-refractivity contribution in [2.75, 3.05) is 39.3 Å². The van der Waals surface area contributed by atoms with E-state index in [-0.39, 0.29) is 11.9 Å². The molecule has 0 bridgehead atoms. The van der Waals surface area contributed by atoms with E-state index in [1.807, 2.05) is 4.90 Å². The molecule has 0 aromatic rings. The quantitative estimate of drug-likeness (QED) is 0.744. The highest BCUT2D eigenvalue weighted by molar-refractivity contribution is 5.76. The number of urea groups is 1. The number of likely N-dealkylation sites (tertiary alicyclic amines) is 1. The minimum atomic E-state index is 0.0499. The summed E-state index contributed by atoms with van der Waals surface area (Å²) in [6.07, 6.45) is 2.13. The third kappa shape index (κ3) is 2.64. The van der Waals surface area contributed by atoms with Crippen LogP contribution in [0, 0.1) is 17.2 Å². The molecule has 0 spiro atoms. The Hall–Kier alpha value is -1.28. The highest BCUT2D eigenvalue weighted by Gasteiger charge is 2.22. The molecule has 16 heavy (non-hydrogen) atoms. The summed E-state index contributed by atoms with van der Waals surface area (Å²) in [4.78, 5) is 15.4. The van der Waals surface area contributed by atoms with Crippen LogP contribution < -0.4 is 5.32 Å². The number of amides is 2. The summed E-state index contributed by atoms with van der Waals surface area (Å²) >= 11 is 0. The highest BCUT2D eigenvalue weighted by Crippen LogP contribution is 2.15. The molecule has 2 rings (SSSR count). The Morgan fingerprint density at radius 2 is 2.31 bits per heavy atom. The minimum absolute atomic E-state index is 0.0499. The molecular weight excluding hydrogens is 204 g/mol. The Morgan fingerprint density at radius 1 is 1.44 bits per heavy atom. The van der Waals surface area contributed by atoms with Gasteiger partial charge in [0.2, 0.25) is 0 Å². The molecule has 5 nitrogen and oxygen atoms in total. The van der Waals surface area contributed by atoms with Gasteiger partial charge in [0, 0.05) is 32.7 Å². The zero-order chi connectivity index (χ0) is 11.4. The van der Waals surface area contributed by atoms with Crippen LogP contribution in [-0.4, -0.2) is 55.1 Å². The largest absolute Gasteiger partial charge is 0.336 e. The van der Waals surface area contributed by atoms with Crippen LogP contribution in [0.5, 0.6) is 0 Å². The zero-order valence-electron chi connectivity index (χ0n) is 9.48. The van der Waals surface area contributed by atoms with E-state index >= 15 is 0 Å². The number of hydrogen-bond donors (Lipinski definition) is 1. The molecule has 1 atom stereocenters. The third-order valence-corrected chi connectivity index (χ3v) is 3.32. The average Bonchev–Trinajstić information content (AvgIpc) is 2.72. The molecule has 2 amide bonds. The van der Waals surface area contributed by atoms with Crippen LogP contribution in [0.2, 0.25) is 0 Å². The molecule has 2 saturated heterocycles. The fourth-order valence-electron chi connectivity index (χ4n) is 2.35. The number of carbonyl (C=O) groups excluding carboxylic acids is 1. The van der Waals surface area contributed by atoms with Gasteiger partial charge in [0.05, 0.1) is 12.0 Å². The van der Waals surface area contributed by atoms with Gasteiger partial charge < -0.3 is 15.1 Å². The predicted molar refractivity (Wildman–Crippen MR) is 59.7 cm³/mol. The molecule has 0 aromatic carbocycles. The van der Waals surface area contributed by atoms with Crippen LogP contribution in [0.1, 0.15) is 12.8 Å². The van der Waals surface area contributed by atoms with Gasteiger partial charge in [0.25, 0.3) is 0 Å². The maximum Gasteiger partial charge on any atom is 0.317 e. The normalized spacial score (nSPS) is 26.6. The zero-order valence-corrected chi connectivity index (χ0v) is 9.48. The Labute approximate surface area is 96.0 Å². The van der Waals surface area contributed by atoms with Crippen molar-refractivity contribution in [3.63, 3.8) is 0 Å². The van der Waals surface area contributed by atoms with Crippen molar-refractivity contribution in [1.29, 1.82) is 5.26 Å². The first kappa shape index (κ1) is 11.2. The second-order valence-electron chi connectivity index (χ2n) is 4.49. The van der Waals surface area contributed by atoms with Crippen molar-refractivity contribution in [1.82, 2.24) is 15.1 Å². The van der Waals surface area contributed by atoms with Crippen molar-refractivity contribution < 1.29 is 4.79 Å². The molecule has 0 radical (unpaired) electrons. The SMILES string of the molecule is N#CC1CCCN(CCN2CCNC2=O)C1. The molecule has 2 aliphatic rings. The minimum Gasteiger partial charge on any atom is -0.336 e. The Bertz CT molecular complexity index is 299. The fraction of sp³-hybridized carbons (Fsp3) is 0.818. The van der Waals surface area contributed by atoms with E-state index in [0.29, 0.717) is 0 Å². The third-order valence-electron chi connectivity index (χ3n) is 3.32. The summed E-state index contributed by atoms with van der Waals surface area (Å²) in [5.74, 6) is 0.182. The molecule has 0 aliphatic carbocycles. The summed E-state index contributed by atoms with van der Waals surface area (Å²) in [5.41, 5.74) is 0. The molecule has 2 aliphatic heterocycles. The monoisotopic (exact) mass is 222 g/mol. The van der Waals surface area contributed by atoms with Crippen LogP contribution in [0.25, 0.3) is 0 Å². The summed E-state index contributed by atoms with van der Waals surface area (Å²) in [6, 6.07) is 2.39. The summed E-state index contributed by atoms with van der Waals surface area (Å²) < 4.78 is 0. The van der Waals surface area contributed by atoms with E-state index in [2.05, 4.69) is 16.3 Å². The Morgan fingerprint density at radius 3 is 3.00 bits per heavy atom. The first-order valence-corrected chi connectivity index (χ1v) is 5.94. The number of nitrogens with one attached hydrogen (secondary N) is 1. The van der Waals surface area contributed by atoms with Gasteiger partial charge in [-0.05, 0) is 19.4 Å². The van der Waals surface area contributed by atoms with Gasteiger partial charge in [-0.1, -0.05) is 0 Å². The molecule has 2 heterocycles. The van der Waals surface area contributed by atoms with E-state index in [9.17, 15) is 4.79 Å². The molecule has 1 N–H and O–H groups in total. The standard InChI is InChI=1S/C11H18N4O/c12-8-10-2-1-4-14(9-10)6-7-15-5-3-13-11(15)16/h10H,1-7,9H2,(H,13,16). The smallest absolute Gasteiger partial charge is 0.317 e. The predicted octanol–water partition coefficient (Wildman–Crippen LogP) is 0.247. The first-order chi connectivity index (χ1) is 7.79. The van der Waals surface area contributed by atoms with Gasteiger partial charge in [-0.2, -0.15) is 5.26 Å². The van der Waals surface area contributed by atoms with E-state index in [4.69, 9.17) is 5.26 Å². The van der Waals surface area contributed by atoms with E-state index in [1.54, 1.807) is 0 Å². The maximum absolute atomic E-state index is 11.3. The van der Waals surface area contributed by atoms with Gasteiger partial charge in [-0.15, -0.1) is 0 Å². The lowest BCUT2D eigenvalue weighted by Gasteiger charge is -2.30. The van der Waals surface area contributed by atoms with Crippen molar-refractivity contribution in [3.8, 4) is 6.07 Å². The Kier molecular flexibility index (Phi) is 3.62. The molecule has 88 valence electrons. The summed E-state index contributed by atoms with van der Waals surface area (Å²) in [7, 11) is 0. The van der Waals surface area contributed by atoms with Crippen LogP contribution >= 0.6 is 0 Å². The van der Waals surface area contributed by atoms with Crippen LogP contribution in [0.15, 0.2) is 0 Å². The number of nitrogens with zero attached hydrogens (tertiary/aromatic N) is 3. The van der Waals surface area contributed by atoms with Crippen molar-refractivity contribution >= 4 is 6.03 Å². The number of rotatable bonds is 3. The van der Waals surface area contributed by atoms with Crippen molar-refractivity contribution in [2.45, 2.75) is 12.8 Å². The molecular formula is C11H18N4O. The lowest BCUT2D eigenvalue weighted by molar-refractivity contribution is 0.173. The lowest BCUT2D eigenvalue weighted by atomic mass is 10.00. The van der Waals surface area contributed by atoms with Gasteiger partial charge in [0.15, 0.2) is 0 Å². The van der Waals surface area contributed by atoms with Crippen LogP contribution in [0.4, 0.5) is 4.79 Å². The number of hydrogen-bond acceptors (Lipinski definition) is 3. The molecule has 2 fully saturated rings. The second kappa shape index (κ2) is 5.17. The summed E-state index contributed by atoms with van der Waals surface area (Å²) in [5, 5.41) is 11.7. The van der Waals surface area contributed by atoms with E-state index in [1.165, 1.54) is 0 Å². The van der Waals surface area contributed by atoms with Gasteiger partial charge in [0.1, 0.15) is 0 Å². The van der Waals surface area contributed by atoms with Crippen molar-refractivity contribution in [3.05, 3.63) is 0 Å². The lowest BCUT2D eigenvalue weighted by Crippen LogP contribution is -2.41. The van der Waals surface area contributed by atoms with Gasteiger partial charge in [-0.3, -0.25) is 0 Å². The van der Waals surface area contributed by atoms with Crippen LogP contribution in [0.3, 0.4) is 0 Å². The fourth-order valence-corrected chi connectivity index (χ4v) is 2.35. The van der Waals surface area contributed by atoms with Gasteiger partial charge >= 0.3 is 6.03 Å². The van der Waals surface area contributed by atoms with Crippen molar-refractivity contribution in [2.24, 2.45) is 5.92 Å².